The molecule has 2 aromatic carbocycles. The number of benzene rings is 2. The summed E-state index contributed by atoms with van der Waals surface area (Å²) in [4.78, 5) is 29.7. The van der Waals surface area contributed by atoms with E-state index >= 15 is 0 Å². The molecule has 0 fully saturated rings. The molecule has 0 spiro atoms. The van der Waals surface area contributed by atoms with Crippen LogP contribution in [0.2, 0.25) is 0 Å². The molecule has 0 saturated carbocycles. The van der Waals surface area contributed by atoms with Crippen molar-refractivity contribution in [1.82, 2.24) is 9.97 Å². The lowest BCUT2D eigenvalue weighted by molar-refractivity contribution is -0.113. The molecule has 0 atom stereocenters. The molecule has 3 aromatic rings. The minimum Gasteiger partial charge on any atom is -0.489 e. The number of anilines is 1. The zero-order chi connectivity index (χ0) is 18.2. The maximum Gasteiger partial charge on any atom is 0.251 e. The first-order chi connectivity index (χ1) is 12.7. The summed E-state index contributed by atoms with van der Waals surface area (Å²) < 4.78 is 5.71. The van der Waals surface area contributed by atoms with Gasteiger partial charge in [-0.15, -0.1) is 0 Å². The minimum atomic E-state index is -0.242. The first-order valence-corrected chi connectivity index (χ1v) is 8.92. The lowest BCUT2D eigenvalue weighted by atomic mass is 10.2. The van der Waals surface area contributed by atoms with Crippen LogP contribution in [0.3, 0.4) is 0 Å². The Balaban J connectivity index is 1.47. The van der Waals surface area contributed by atoms with E-state index in [2.05, 4.69) is 15.3 Å². The Morgan fingerprint density at radius 2 is 1.85 bits per heavy atom. The van der Waals surface area contributed by atoms with Gasteiger partial charge in [0.05, 0.1) is 5.75 Å². The Bertz CT molecular complexity index is 911. The number of ether oxygens (including phenoxy) is 1. The smallest absolute Gasteiger partial charge is 0.251 e. The van der Waals surface area contributed by atoms with Crippen LogP contribution in [-0.2, 0) is 11.4 Å². The lowest BCUT2D eigenvalue weighted by Gasteiger charge is -2.08. The van der Waals surface area contributed by atoms with Crippen LogP contribution in [0.5, 0.6) is 5.75 Å². The third-order valence-corrected chi connectivity index (χ3v) is 4.26. The normalized spacial score (nSPS) is 10.3. The van der Waals surface area contributed by atoms with Crippen molar-refractivity contribution in [3.63, 3.8) is 0 Å². The van der Waals surface area contributed by atoms with Gasteiger partial charge in [0.15, 0.2) is 5.16 Å². The highest BCUT2D eigenvalue weighted by Crippen LogP contribution is 2.18. The van der Waals surface area contributed by atoms with Crippen molar-refractivity contribution in [2.75, 3.05) is 11.1 Å². The molecule has 0 saturated heterocycles. The summed E-state index contributed by atoms with van der Waals surface area (Å²) in [5.74, 6) is 0.700. The molecule has 0 radical (unpaired) electrons. The van der Waals surface area contributed by atoms with Gasteiger partial charge in [-0.05, 0) is 29.8 Å². The van der Waals surface area contributed by atoms with Crippen molar-refractivity contribution in [1.29, 1.82) is 0 Å². The molecule has 1 aromatic heterocycles. The van der Waals surface area contributed by atoms with E-state index in [0.717, 1.165) is 11.3 Å². The maximum absolute atomic E-state index is 12.0. The SMILES string of the molecule is O=C(CSc1nccc(=O)[nH]1)Nc1ccc(OCc2ccccc2)cc1. The number of amides is 1. The third kappa shape index (κ3) is 5.49. The number of carbonyl (C=O) groups is 1. The van der Waals surface area contributed by atoms with Crippen LogP contribution >= 0.6 is 11.8 Å². The van der Waals surface area contributed by atoms with Gasteiger partial charge in [-0.1, -0.05) is 42.1 Å². The number of hydrogen-bond donors (Lipinski definition) is 2. The second-order valence-corrected chi connectivity index (χ2v) is 6.34. The largest absolute Gasteiger partial charge is 0.489 e. The first kappa shape index (κ1) is 17.8. The second kappa shape index (κ2) is 8.87. The van der Waals surface area contributed by atoms with Gasteiger partial charge in [-0.25, -0.2) is 4.98 Å². The number of thioether (sulfide) groups is 1. The maximum atomic E-state index is 12.0. The Labute approximate surface area is 154 Å². The Hall–Kier alpha value is -3.06. The summed E-state index contributed by atoms with van der Waals surface area (Å²) in [6, 6.07) is 18.4. The van der Waals surface area contributed by atoms with Crippen molar-refractivity contribution in [2.45, 2.75) is 11.8 Å². The van der Waals surface area contributed by atoms with E-state index in [1.807, 2.05) is 42.5 Å². The molecule has 0 bridgehead atoms. The molecule has 3 rings (SSSR count). The highest BCUT2D eigenvalue weighted by Gasteiger charge is 2.05. The van der Waals surface area contributed by atoms with Crippen LogP contribution in [-0.4, -0.2) is 21.6 Å². The van der Waals surface area contributed by atoms with Gasteiger partial charge in [0.2, 0.25) is 5.91 Å². The van der Waals surface area contributed by atoms with E-state index in [0.29, 0.717) is 17.5 Å². The fourth-order valence-electron chi connectivity index (χ4n) is 2.13. The van der Waals surface area contributed by atoms with Crippen molar-refractivity contribution >= 4 is 23.4 Å². The van der Waals surface area contributed by atoms with Gasteiger partial charge in [0.1, 0.15) is 12.4 Å². The zero-order valence-electron chi connectivity index (χ0n) is 13.8. The first-order valence-electron chi connectivity index (χ1n) is 7.94. The number of nitrogens with zero attached hydrogens (tertiary/aromatic N) is 1. The van der Waals surface area contributed by atoms with Crippen LogP contribution in [0.1, 0.15) is 5.56 Å². The molecule has 2 N–H and O–H groups in total. The third-order valence-electron chi connectivity index (χ3n) is 3.37. The summed E-state index contributed by atoms with van der Waals surface area (Å²) in [7, 11) is 0. The fraction of sp³-hybridized carbons (Fsp3) is 0.105. The minimum absolute atomic E-state index is 0.152. The van der Waals surface area contributed by atoms with Crippen LogP contribution in [0.25, 0.3) is 0 Å². The number of aromatic amines is 1. The summed E-state index contributed by atoms with van der Waals surface area (Å²) in [5, 5.41) is 3.21. The number of H-pyrrole nitrogens is 1. The topological polar surface area (TPSA) is 84.1 Å². The second-order valence-electron chi connectivity index (χ2n) is 5.37. The predicted octanol–water partition coefficient (Wildman–Crippen LogP) is 3.08. The van der Waals surface area contributed by atoms with E-state index in [1.165, 1.54) is 24.0 Å². The summed E-state index contributed by atoms with van der Waals surface area (Å²) in [5.41, 5.74) is 1.53. The van der Waals surface area contributed by atoms with E-state index in [-0.39, 0.29) is 17.2 Å². The van der Waals surface area contributed by atoms with Crippen molar-refractivity contribution in [3.05, 3.63) is 82.8 Å². The molecule has 1 amide bonds. The average molecular weight is 367 g/mol. The van der Waals surface area contributed by atoms with Crippen LogP contribution in [0, 0.1) is 0 Å². The standard InChI is InChI=1S/C19H17N3O3S/c23-17-10-11-20-19(22-17)26-13-18(24)21-15-6-8-16(9-7-15)25-12-14-4-2-1-3-5-14/h1-11H,12-13H2,(H,21,24)(H,20,22,23). The molecule has 0 unspecified atom stereocenters. The Morgan fingerprint density at radius 1 is 1.08 bits per heavy atom. The number of carbonyl (C=O) groups excluding carboxylic acids is 1. The molecule has 0 aliphatic heterocycles. The average Bonchev–Trinajstić information content (AvgIpc) is 2.67. The van der Waals surface area contributed by atoms with Crippen LogP contribution in [0.15, 0.2) is 76.8 Å². The van der Waals surface area contributed by atoms with E-state index in [1.54, 1.807) is 12.1 Å². The van der Waals surface area contributed by atoms with Crippen molar-refractivity contribution in [2.24, 2.45) is 0 Å². The van der Waals surface area contributed by atoms with Crippen molar-refractivity contribution in [3.8, 4) is 5.75 Å². The number of hydrogen-bond acceptors (Lipinski definition) is 5. The molecule has 0 aliphatic carbocycles. The van der Waals surface area contributed by atoms with Gasteiger partial charge in [0, 0.05) is 18.0 Å². The Kier molecular flexibility index (Phi) is 6.05. The van der Waals surface area contributed by atoms with Gasteiger partial charge in [-0.3, -0.25) is 9.59 Å². The van der Waals surface area contributed by atoms with Crippen molar-refractivity contribution < 1.29 is 9.53 Å². The van der Waals surface area contributed by atoms with Crippen LogP contribution < -0.4 is 15.6 Å². The van der Waals surface area contributed by atoms with Crippen LogP contribution in [0.4, 0.5) is 5.69 Å². The fourth-order valence-corrected chi connectivity index (χ4v) is 2.78. The molecule has 26 heavy (non-hydrogen) atoms. The zero-order valence-corrected chi connectivity index (χ0v) is 14.7. The highest BCUT2D eigenvalue weighted by atomic mass is 32.2. The lowest BCUT2D eigenvalue weighted by Crippen LogP contribution is -2.15. The van der Waals surface area contributed by atoms with Gasteiger partial charge < -0.3 is 15.0 Å². The summed E-state index contributed by atoms with van der Waals surface area (Å²) >= 11 is 1.17. The van der Waals surface area contributed by atoms with E-state index in [4.69, 9.17) is 4.74 Å². The molecular formula is C19H17N3O3S. The molecule has 132 valence electrons. The number of rotatable bonds is 7. The predicted molar refractivity (Wildman–Crippen MR) is 101 cm³/mol. The van der Waals surface area contributed by atoms with Gasteiger partial charge >= 0.3 is 0 Å². The molecular weight excluding hydrogens is 350 g/mol. The molecule has 6 nitrogen and oxygen atoms in total. The van der Waals surface area contributed by atoms with Gasteiger partial charge in [-0.2, -0.15) is 0 Å². The quantitative estimate of drug-likeness (QED) is 0.495. The van der Waals surface area contributed by atoms with Gasteiger partial charge in [0.25, 0.3) is 5.56 Å². The Morgan fingerprint density at radius 3 is 2.58 bits per heavy atom. The van der Waals surface area contributed by atoms with E-state index in [9.17, 15) is 9.59 Å². The number of nitrogens with one attached hydrogen (secondary N) is 2. The summed E-state index contributed by atoms with van der Waals surface area (Å²) in [6.45, 7) is 0.492. The molecule has 7 heteroatoms. The highest BCUT2D eigenvalue weighted by molar-refractivity contribution is 7.99. The van der Waals surface area contributed by atoms with E-state index < -0.39 is 0 Å². The molecule has 1 heterocycles. The number of aromatic nitrogens is 2. The summed E-state index contributed by atoms with van der Waals surface area (Å²) in [6.07, 6.45) is 1.41. The molecule has 0 aliphatic rings. The monoisotopic (exact) mass is 367 g/mol.